The van der Waals surface area contributed by atoms with Crippen LogP contribution in [-0.2, 0) is 4.79 Å². The lowest BCUT2D eigenvalue weighted by Gasteiger charge is -2.41. The smallest absolute Gasteiger partial charge is 0.224 e. The van der Waals surface area contributed by atoms with Gasteiger partial charge in [-0.15, -0.1) is 0 Å². The number of carbonyl (C=O) groups excluding carboxylic acids is 1. The summed E-state index contributed by atoms with van der Waals surface area (Å²) in [4.78, 5) is 13.7. The molecular formula is C14H17BN2O. The molecular weight excluding hydrogens is 223 g/mol. The fourth-order valence-corrected chi connectivity index (χ4v) is 2.69. The van der Waals surface area contributed by atoms with E-state index in [9.17, 15) is 4.79 Å². The second kappa shape index (κ2) is 4.20. The van der Waals surface area contributed by atoms with Crippen LogP contribution in [-0.4, -0.2) is 19.4 Å². The molecule has 0 atom stereocenters. The number of anilines is 2. The van der Waals surface area contributed by atoms with E-state index in [-0.39, 0.29) is 11.4 Å². The van der Waals surface area contributed by atoms with E-state index in [0.29, 0.717) is 0 Å². The van der Waals surface area contributed by atoms with Gasteiger partial charge in [0.1, 0.15) is 0 Å². The summed E-state index contributed by atoms with van der Waals surface area (Å²) in [5.74, 6) is 0.0402. The lowest BCUT2D eigenvalue weighted by molar-refractivity contribution is -0.117. The van der Waals surface area contributed by atoms with Crippen molar-refractivity contribution >= 4 is 30.8 Å². The third-order valence-electron chi connectivity index (χ3n) is 3.29. The fourth-order valence-electron chi connectivity index (χ4n) is 2.69. The highest BCUT2D eigenvalue weighted by molar-refractivity contribution is 6.16. The summed E-state index contributed by atoms with van der Waals surface area (Å²) in [7, 11) is 5.43. The Bertz CT molecular complexity index is 535. The van der Waals surface area contributed by atoms with Crippen LogP contribution in [0.25, 0.3) is 5.57 Å². The number of amides is 1. The van der Waals surface area contributed by atoms with E-state index in [4.69, 9.17) is 7.98 Å². The summed E-state index contributed by atoms with van der Waals surface area (Å²) >= 11 is 0. The zero-order valence-corrected chi connectivity index (χ0v) is 11.2. The van der Waals surface area contributed by atoms with Gasteiger partial charge in [0, 0.05) is 18.2 Å². The van der Waals surface area contributed by atoms with Gasteiger partial charge < -0.3 is 10.1 Å². The molecule has 0 saturated heterocycles. The van der Waals surface area contributed by atoms with Gasteiger partial charge in [-0.05, 0) is 44.5 Å². The Balaban J connectivity index is 2.65. The molecule has 1 aliphatic rings. The monoisotopic (exact) mass is 240 g/mol. The molecule has 0 unspecified atom stereocenters. The molecule has 0 fully saturated rings. The minimum Gasteiger partial charge on any atom is -0.437 e. The number of hydrogen-bond acceptors (Lipinski definition) is 2. The topological polar surface area (TPSA) is 32.3 Å². The molecule has 1 aromatic carbocycles. The Morgan fingerprint density at radius 1 is 1.39 bits per heavy atom. The number of hydrogen-bond donors (Lipinski definition) is 1. The first kappa shape index (κ1) is 12.7. The summed E-state index contributed by atoms with van der Waals surface area (Å²) in [6.45, 7) is 7.72. The quantitative estimate of drug-likeness (QED) is 0.765. The van der Waals surface area contributed by atoms with Crippen LogP contribution in [0.2, 0.25) is 0 Å². The van der Waals surface area contributed by atoms with E-state index in [0.717, 1.165) is 22.5 Å². The van der Waals surface area contributed by atoms with Gasteiger partial charge in [-0.3, -0.25) is 4.79 Å². The van der Waals surface area contributed by atoms with E-state index in [1.165, 1.54) is 0 Å². The molecule has 18 heavy (non-hydrogen) atoms. The van der Waals surface area contributed by atoms with Crippen LogP contribution < -0.4 is 10.1 Å². The molecule has 2 radical (unpaired) electrons. The van der Waals surface area contributed by atoms with Crippen molar-refractivity contribution in [1.29, 1.82) is 0 Å². The SMILES string of the molecule is [B]Nc1ccc2c(c1)C(C)=CC(C)(C)N2C(C)=O. The van der Waals surface area contributed by atoms with Gasteiger partial charge in [0.15, 0.2) is 0 Å². The largest absolute Gasteiger partial charge is 0.437 e. The summed E-state index contributed by atoms with van der Waals surface area (Å²) in [6, 6.07) is 5.78. The molecule has 0 saturated carbocycles. The van der Waals surface area contributed by atoms with Crippen LogP contribution in [0.15, 0.2) is 24.3 Å². The van der Waals surface area contributed by atoms with E-state index in [1.807, 2.05) is 36.9 Å². The molecule has 1 N–H and O–H groups in total. The lowest BCUT2D eigenvalue weighted by Crippen LogP contribution is -2.47. The van der Waals surface area contributed by atoms with Crippen molar-refractivity contribution in [3.05, 3.63) is 29.8 Å². The highest BCUT2D eigenvalue weighted by Gasteiger charge is 2.33. The van der Waals surface area contributed by atoms with Crippen molar-refractivity contribution < 1.29 is 4.79 Å². The van der Waals surface area contributed by atoms with Gasteiger partial charge >= 0.3 is 0 Å². The predicted molar refractivity (Wildman–Crippen MR) is 76.7 cm³/mol. The van der Waals surface area contributed by atoms with Crippen molar-refractivity contribution in [3.8, 4) is 0 Å². The summed E-state index contributed by atoms with van der Waals surface area (Å²) < 4.78 is 0. The maximum atomic E-state index is 11.9. The Kier molecular flexibility index (Phi) is 2.97. The first-order valence-electron chi connectivity index (χ1n) is 5.98. The Morgan fingerprint density at radius 2 is 2.06 bits per heavy atom. The number of rotatable bonds is 1. The molecule has 1 amide bonds. The molecule has 1 aliphatic heterocycles. The van der Waals surface area contributed by atoms with Crippen molar-refractivity contribution in [3.63, 3.8) is 0 Å². The summed E-state index contributed by atoms with van der Waals surface area (Å²) in [5.41, 5.74) is 3.67. The van der Waals surface area contributed by atoms with Crippen molar-refractivity contribution in [2.45, 2.75) is 33.2 Å². The minimum absolute atomic E-state index is 0.0402. The molecule has 4 heteroatoms. The number of nitrogens with one attached hydrogen (secondary N) is 1. The van der Waals surface area contributed by atoms with Gasteiger partial charge in [0.25, 0.3) is 0 Å². The lowest BCUT2D eigenvalue weighted by atomic mass is 9.88. The van der Waals surface area contributed by atoms with Gasteiger partial charge in [-0.25, -0.2) is 0 Å². The molecule has 92 valence electrons. The van der Waals surface area contributed by atoms with Gasteiger partial charge in [-0.1, -0.05) is 6.08 Å². The highest BCUT2D eigenvalue weighted by Crippen LogP contribution is 2.39. The average molecular weight is 240 g/mol. The van der Waals surface area contributed by atoms with Gasteiger partial charge in [-0.2, -0.15) is 0 Å². The maximum absolute atomic E-state index is 11.9. The van der Waals surface area contributed by atoms with Crippen LogP contribution in [0.3, 0.4) is 0 Å². The van der Waals surface area contributed by atoms with Crippen molar-refractivity contribution in [1.82, 2.24) is 0 Å². The number of benzene rings is 1. The third-order valence-corrected chi connectivity index (χ3v) is 3.29. The Labute approximate surface area is 109 Å². The predicted octanol–water partition coefficient (Wildman–Crippen LogP) is 2.73. The number of nitrogens with zero attached hydrogens (tertiary/aromatic N) is 1. The molecule has 0 bridgehead atoms. The molecule has 0 aromatic heterocycles. The van der Waals surface area contributed by atoms with E-state index >= 15 is 0 Å². The molecule has 1 aromatic rings. The number of allylic oxidation sites excluding steroid dienone is 1. The zero-order chi connectivity index (χ0) is 13.5. The molecule has 3 nitrogen and oxygen atoms in total. The Hall–Kier alpha value is -1.71. The summed E-state index contributed by atoms with van der Waals surface area (Å²) in [5, 5.41) is 2.63. The molecule has 1 heterocycles. The number of fused-ring (bicyclic) bond motifs is 1. The molecule has 0 aliphatic carbocycles. The molecule has 0 spiro atoms. The second-order valence-electron chi connectivity index (χ2n) is 5.21. The minimum atomic E-state index is -0.305. The first-order valence-corrected chi connectivity index (χ1v) is 5.98. The highest BCUT2D eigenvalue weighted by atomic mass is 16.2. The maximum Gasteiger partial charge on any atom is 0.224 e. The Morgan fingerprint density at radius 3 is 2.61 bits per heavy atom. The van der Waals surface area contributed by atoms with Crippen LogP contribution in [0.5, 0.6) is 0 Å². The second-order valence-corrected chi connectivity index (χ2v) is 5.21. The normalized spacial score (nSPS) is 16.9. The van der Waals surface area contributed by atoms with Crippen LogP contribution >= 0.6 is 0 Å². The average Bonchev–Trinajstić information content (AvgIpc) is 2.26. The van der Waals surface area contributed by atoms with Crippen molar-refractivity contribution in [2.24, 2.45) is 0 Å². The standard InChI is InChI=1S/C14H17BN2O/c1-9-8-14(3,4)17(10(2)18)13-6-5-11(16-15)7-12(9)13/h5-8,16H,1-4H3. The van der Waals surface area contributed by atoms with E-state index in [1.54, 1.807) is 6.92 Å². The number of carbonyl (C=O) groups is 1. The first-order chi connectivity index (χ1) is 8.36. The van der Waals surface area contributed by atoms with Crippen LogP contribution in [0.1, 0.15) is 33.3 Å². The van der Waals surface area contributed by atoms with Gasteiger partial charge in [0.05, 0.1) is 11.2 Å². The van der Waals surface area contributed by atoms with Gasteiger partial charge in [0.2, 0.25) is 13.9 Å². The third kappa shape index (κ3) is 1.92. The van der Waals surface area contributed by atoms with E-state index < -0.39 is 0 Å². The zero-order valence-electron chi connectivity index (χ0n) is 11.2. The van der Waals surface area contributed by atoms with E-state index in [2.05, 4.69) is 18.2 Å². The van der Waals surface area contributed by atoms with Crippen molar-refractivity contribution in [2.75, 3.05) is 10.1 Å². The fraction of sp³-hybridized carbons (Fsp3) is 0.357. The molecule has 2 rings (SSSR count). The summed E-state index contributed by atoms with van der Waals surface area (Å²) in [6.07, 6.45) is 2.11. The van der Waals surface area contributed by atoms with Crippen LogP contribution in [0.4, 0.5) is 11.4 Å². The van der Waals surface area contributed by atoms with Crippen LogP contribution in [0, 0.1) is 0 Å².